The van der Waals surface area contributed by atoms with E-state index < -0.39 is 0 Å². The smallest absolute Gasteiger partial charge is 0.143 e. The molecular formula is C13H19NO3. The molecular weight excluding hydrogens is 218 g/mol. The third kappa shape index (κ3) is 2.17. The molecule has 4 heteroatoms. The van der Waals surface area contributed by atoms with Gasteiger partial charge in [0.1, 0.15) is 17.6 Å². The molecule has 0 bridgehead atoms. The zero-order valence-electron chi connectivity index (χ0n) is 10.5. The predicted octanol–water partition coefficient (Wildman–Crippen LogP) is 1.66. The molecule has 17 heavy (non-hydrogen) atoms. The Morgan fingerprint density at radius 1 is 1.47 bits per heavy atom. The van der Waals surface area contributed by atoms with Crippen molar-refractivity contribution < 1.29 is 14.6 Å². The Morgan fingerprint density at radius 3 is 2.88 bits per heavy atom. The van der Waals surface area contributed by atoms with Gasteiger partial charge in [-0.2, -0.15) is 0 Å². The summed E-state index contributed by atoms with van der Waals surface area (Å²) in [6.45, 7) is 2.25. The lowest BCUT2D eigenvalue weighted by Gasteiger charge is -2.39. The second-order valence-electron chi connectivity index (χ2n) is 4.35. The summed E-state index contributed by atoms with van der Waals surface area (Å²) >= 11 is 0. The maximum absolute atomic E-state index is 9.03. The Bertz CT molecular complexity index is 394. The summed E-state index contributed by atoms with van der Waals surface area (Å²) in [6, 6.07) is 6.02. The molecule has 1 N–H and O–H groups in total. The number of nitrogens with zero attached hydrogens (tertiary/aromatic N) is 1. The van der Waals surface area contributed by atoms with E-state index in [0.29, 0.717) is 6.42 Å². The fraction of sp³-hybridized carbons (Fsp3) is 0.538. The largest absolute Gasteiger partial charge is 0.497 e. The van der Waals surface area contributed by atoms with Crippen LogP contribution in [-0.2, 0) is 0 Å². The lowest BCUT2D eigenvalue weighted by Crippen LogP contribution is -2.46. The molecule has 0 amide bonds. The summed E-state index contributed by atoms with van der Waals surface area (Å²) < 4.78 is 11.1. The van der Waals surface area contributed by atoms with Gasteiger partial charge in [-0.25, -0.2) is 0 Å². The van der Waals surface area contributed by atoms with Gasteiger partial charge in [0.25, 0.3) is 0 Å². The lowest BCUT2D eigenvalue weighted by atomic mass is 10.0. The first-order chi connectivity index (χ1) is 8.17. The molecule has 2 atom stereocenters. The standard InChI is InChI=1S/C13H19NO3/c1-9-12(6-7-15)17-13-5-4-10(16-3)8-11(13)14(9)2/h4-5,8-9,12,15H,6-7H2,1-3H3. The van der Waals surface area contributed by atoms with Gasteiger partial charge in [-0.05, 0) is 19.1 Å². The maximum atomic E-state index is 9.03. The first-order valence-corrected chi connectivity index (χ1v) is 5.85. The Balaban J connectivity index is 2.31. The van der Waals surface area contributed by atoms with Gasteiger partial charge in [-0.15, -0.1) is 0 Å². The molecule has 2 rings (SSSR count). The molecule has 1 aromatic rings. The lowest BCUT2D eigenvalue weighted by molar-refractivity contribution is 0.124. The van der Waals surface area contributed by atoms with E-state index in [-0.39, 0.29) is 18.8 Å². The van der Waals surface area contributed by atoms with Crippen molar-refractivity contribution in [2.75, 3.05) is 25.7 Å². The highest BCUT2D eigenvalue weighted by Gasteiger charge is 2.30. The maximum Gasteiger partial charge on any atom is 0.143 e. The van der Waals surface area contributed by atoms with E-state index in [4.69, 9.17) is 14.6 Å². The van der Waals surface area contributed by atoms with Crippen LogP contribution in [0.2, 0.25) is 0 Å². The summed E-state index contributed by atoms with van der Waals surface area (Å²) in [7, 11) is 3.69. The van der Waals surface area contributed by atoms with E-state index in [9.17, 15) is 0 Å². The minimum Gasteiger partial charge on any atom is -0.497 e. The number of ether oxygens (including phenoxy) is 2. The van der Waals surface area contributed by atoms with Crippen molar-refractivity contribution in [1.82, 2.24) is 0 Å². The van der Waals surface area contributed by atoms with Crippen LogP contribution >= 0.6 is 0 Å². The molecule has 4 nitrogen and oxygen atoms in total. The van der Waals surface area contributed by atoms with Crippen molar-refractivity contribution in [1.29, 1.82) is 0 Å². The Kier molecular flexibility index (Phi) is 3.43. The van der Waals surface area contributed by atoms with Crippen LogP contribution in [0, 0.1) is 0 Å². The van der Waals surface area contributed by atoms with Gasteiger partial charge in [0, 0.05) is 26.1 Å². The number of aliphatic hydroxyl groups excluding tert-OH is 1. The van der Waals surface area contributed by atoms with E-state index in [1.165, 1.54) is 0 Å². The number of anilines is 1. The van der Waals surface area contributed by atoms with E-state index >= 15 is 0 Å². The monoisotopic (exact) mass is 237 g/mol. The summed E-state index contributed by atoms with van der Waals surface area (Å²) in [5.74, 6) is 1.68. The highest BCUT2D eigenvalue weighted by Crippen LogP contribution is 2.38. The third-order valence-corrected chi connectivity index (χ3v) is 3.39. The number of hydrogen-bond donors (Lipinski definition) is 1. The number of aliphatic hydroxyl groups is 1. The molecule has 94 valence electrons. The molecule has 0 saturated carbocycles. The minimum absolute atomic E-state index is 0.0332. The Morgan fingerprint density at radius 2 is 2.24 bits per heavy atom. The van der Waals surface area contributed by atoms with Crippen LogP contribution in [0.3, 0.4) is 0 Å². The highest BCUT2D eigenvalue weighted by atomic mass is 16.5. The minimum atomic E-state index is 0.0332. The topological polar surface area (TPSA) is 41.9 Å². The van der Waals surface area contributed by atoms with Crippen molar-refractivity contribution in [3.8, 4) is 11.5 Å². The number of rotatable bonds is 3. The number of fused-ring (bicyclic) bond motifs is 1. The van der Waals surface area contributed by atoms with Gasteiger partial charge in [0.15, 0.2) is 0 Å². The first-order valence-electron chi connectivity index (χ1n) is 5.85. The summed E-state index contributed by atoms with van der Waals surface area (Å²) in [5, 5.41) is 9.03. The summed E-state index contributed by atoms with van der Waals surface area (Å²) in [4.78, 5) is 2.17. The van der Waals surface area contributed by atoms with Crippen molar-refractivity contribution in [3.05, 3.63) is 18.2 Å². The SMILES string of the molecule is COc1ccc2c(c1)N(C)C(C)C(CCO)O2. The molecule has 0 aliphatic carbocycles. The normalized spacial score (nSPS) is 22.9. The zero-order valence-corrected chi connectivity index (χ0v) is 10.5. The molecule has 0 aromatic heterocycles. The van der Waals surface area contributed by atoms with Crippen LogP contribution in [0.4, 0.5) is 5.69 Å². The molecule has 0 fully saturated rings. The predicted molar refractivity (Wildman–Crippen MR) is 67.0 cm³/mol. The zero-order chi connectivity index (χ0) is 12.4. The number of methoxy groups -OCH3 is 1. The van der Waals surface area contributed by atoms with Crippen molar-refractivity contribution in [2.24, 2.45) is 0 Å². The molecule has 0 radical (unpaired) electrons. The molecule has 2 unspecified atom stereocenters. The second kappa shape index (κ2) is 4.84. The quantitative estimate of drug-likeness (QED) is 0.868. The fourth-order valence-electron chi connectivity index (χ4n) is 2.16. The second-order valence-corrected chi connectivity index (χ2v) is 4.35. The van der Waals surface area contributed by atoms with Crippen LogP contribution in [0.1, 0.15) is 13.3 Å². The summed E-state index contributed by atoms with van der Waals surface area (Å²) in [5.41, 5.74) is 1.03. The van der Waals surface area contributed by atoms with Crippen molar-refractivity contribution >= 4 is 5.69 Å². The highest BCUT2D eigenvalue weighted by molar-refractivity contribution is 5.63. The van der Waals surface area contributed by atoms with Crippen LogP contribution < -0.4 is 14.4 Å². The van der Waals surface area contributed by atoms with Crippen molar-refractivity contribution in [2.45, 2.75) is 25.5 Å². The first kappa shape index (κ1) is 12.0. The van der Waals surface area contributed by atoms with Gasteiger partial charge in [-0.3, -0.25) is 0 Å². The average Bonchev–Trinajstić information content (AvgIpc) is 2.35. The van der Waals surface area contributed by atoms with Gasteiger partial charge in [0.05, 0.1) is 18.8 Å². The molecule has 0 saturated heterocycles. The Hall–Kier alpha value is -1.42. The molecule has 1 aromatic carbocycles. The Labute approximate surface area is 102 Å². The van der Waals surface area contributed by atoms with E-state index in [1.807, 2.05) is 25.2 Å². The van der Waals surface area contributed by atoms with Gasteiger partial charge >= 0.3 is 0 Å². The molecule has 1 aliphatic rings. The molecule has 1 aliphatic heterocycles. The van der Waals surface area contributed by atoms with E-state index in [0.717, 1.165) is 17.2 Å². The van der Waals surface area contributed by atoms with Gasteiger partial charge < -0.3 is 19.5 Å². The van der Waals surface area contributed by atoms with Crippen LogP contribution in [-0.4, -0.2) is 38.0 Å². The van der Waals surface area contributed by atoms with Crippen LogP contribution in [0.15, 0.2) is 18.2 Å². The van der Waals surface area contributed by atoms with Gasteiger partial charge in [0.2, 0.25) is 0 Å². The number of benzene rings is 1. The average molecular weight is 237 g/mol. The summed E-state index contributed by atoms with van der Waals surface area (Å²) in [6.07, 6.45) is 0.683. The van der Waals surface area contributed by atoms with E-state index in [2.05, 4.69) is 11.8 Å². The number of hydrogen-bond acceptors (Lipinski definition) is 4. The van der Waals surface area contributed by atoms with Crippen molar-refractivity contribution in [3.63, 3.8) is 0 Å². The van der Waals surface area contributed by atoms with E-state index in [1.54, 1.807) is 7.11 Å². The molecule has 1 heterocycles. The fourth-order valence-corrected chi connectivity index (χ4v) is 2.16. The molecule has 0 spiro atoms. The van der Waals surface area contributed by atoms with Crippen LogP contribution in [0.5, 0.6) is 11.5 Å². The third-order valence-electron chi connectivity index (χ3n) is 3.39. The van der Waals surface area contributed by atoms with Crippen LogP contribution in [0.25, 0.3) is 0 Å². The number of likely N-dealkylation sites (N-methyl/N-ethyl adjacent to an activating group) is 1. The van der Waals surface area contributed by atoms with Gasteiger partial charge in [-0.1, -0.05) is 0 Å².